The molecule has 0 aromatic heterocycles. The molecule has 0 saturated heterocycles. The monoisotopic (exact) mass is 389 g/mol. The number of ether oxygens (including phenoxy) is 3. The van der Waals surface area contributed by atoms with Crippen molar-refractivity contribution in [2.75, 3.05) is 20.3 Å². The van der Waals surface area contributed by atoms with Crippen LogP contribution in [0.4, 0.5) is 0 Å². The highest BCUT2D eigenvalue weighted by Crippen LogP contribution is 2.41. The number of hydrogen-bond donors (Lipinski definition) is 1. The molecule has 4 nitrogen and oxygen atoms in total. The summed E-state index contributed by atoms with van der Waals surface area (Å²) < 4.78 is 17.7. The van der Waals surface area contributed by atoms with E-state index < -0.39 is 0 Å². The summed E-state index contributed by atoms with van der Waals surface area (Å²) in [4.78, 5) is 0. The molecule has 29 heavy (non-hydrogen) atoms. The van der Waals surface area contributed by atoms with Crippen LogP contribution in [0.15, 0.2) is 66.7 Å². The van der Waals surface area contributed by atoms with Gasteiger partial charge in [0.15, 0.2) is 11.5 Å². The molecule has 0 bridgehead atoms. The lowest BCUT2D eigenvalue weighted by molar-refractivity contribution is 0.297. The number of fused-ring (bicyclic) bond motifs is 1. The van der Waals surface area contributed by atoms with Gasteiger partial charge in [0.2, 0.25) is 0 Å². The number of methoxy groups -OCH3 is 1. The van der Waals surface area contributed by atoms with Crippen LogP contribution >= 0.6 is 0 Å². The van der Waals surface area contributed by atoms with Gasteiger partial charge in [-0.15, -0.1) is 0 Å². The van der Waals surface area contributed by atoms with Crippen molar-refractivity contribution in [3.05, 3.63) is 89.0 Å². The van der Waals surface area contributed by atoms with Gasteiger partial charge >= 0.3 is 0 Å². The van der Waals surface area contributed by atoms with Crippen molar-refractivity contribution in [1.29, 1.82) is 0 Å². The molecule has 4 heteroatoms. The molecule has 3 aromatic carbocycles. The van der Waals surface area contributed by atoms with Gasteiger partial charge in [0.1, 0.15) is 12.4 Å². The van der Waals surface area contributed by atoms with Crippen LogP contribution in [-0.2, 0) is 13.0 Å². The van der Waals surface area contributed by atoms with E-state index in [0.29, 0.717) is 13.2 Å². The van der Waals surface area contributed by atoms with Crippen LogP contribution in [0.1, 0.15) is 35.2 Å². The van der Waals surface area contributed by atoms with E-state index in [0.717, 1.165) is 41.3 Å². The van der Waals surface area contributed by atoms with E-state index >= 15 is 0 Å². The standard InChI is InChI=1S/C25H27NO3/c1-3-28-25-20-15-16-26-24(19(20)13-14-23(25)27-2)21-11-7-8-12-22(21)29-17-18-9-5-4-6-10-18/h4-14,24,26H,3,15-17H2,1-2H3. The second-order valence-corrected chi connectivity index (χ2v) is 7.05. The van der Waals surface area contributed by atoms with E-state index in [1.807, 2.05) is 43.3 Å². The highest BCUT2D eigenvalue weighted by molar-refractivity contribution is 5.56. The van der Waals surface area contributed by atoms with Crippen LogP contribution in [0, 0.1) is 0 Å². The SMILES string of the molecule is CCOc1c(OC)ccc2c1CCNC2c1ccccc1OCc1ccccc1. The lowest BCUT2D eigenvalue weighted by Gasteiger charge is -2.30. The molecule has 1 unspecified atom stereocenters. The van der Waals surface area contributed by atoms with Gasteiger partial charge in [0.05, 0.1) is 19.8 Å². The molecule has 1 aliphatic heterocycles. The first-order valence-corrected chi connectivity index (χ1v) is 10.1. The van der Waals surface area contributed by atoms with Crippen LogP contribution in [0.3, 0.4) is 0 Å². The first-order valence-electron chi connectivity index (χ1n) is 10.1. The highest BCUT2D eigenvalue weighted by atomic mass is 16.5. The second-order valence-electron chi connectivity index (χ2n) is 7.05. The van der Waals surface area contributed by atoms with Gasteiger partial charge in [-0.05, 0) is 36.6 Å². The third-order valence-corrected chi connectivity index (χ3v) is 5.27. The summed E-state index contributed by atoms with van der Waals surface area (Å²) in [7, 11) is 1.69. The Bertz CT molecular complexity index is 956. The summed E-state index contributed by atoms with van der Waals surface area (Å²) in [5.41, 5.74) is 4.73. The maximum atomic E-state index is 6.22. The predicted octanol–water partition coefficient (Wildman–Crippen LogP) is 4.91. The molecule has 0 aliphatic carbocycles. The van der Waals surface area contributed by atoms with Crippen molar-refractivity contribution in [2.24, 2.45) is 0 Å². The summed E-state index contributed by atoms with van der Waals surface area (Å²) in [6, 6.07) is 22.7. The van der Waals surface area contributed by atoms with Crippen molar-refractivity contribution >= 4 is 0 Å². The quantitative estimate of drug-likeness (QED) is 0.623. The molecule has 0 fully saturated rings. The Morgan fingerprint density at radius 2 is 1.66 bits per heavy atom. The Morgan fingerprint density at radius 3 is 2.45 bits per heavy atom. The molecule has 1 N–H and O–H groups in total. The molecule has 4 rings (SSSR count). The predicted molar refractivity (Wildman–Crippen MR) is 115 cm³/mol. The van der Waals surface area contributed by atoms with Crippen LogP contribution < -0.4 is 19.5 Å². The second kappa shape index (κ2) is 9.01. The highest BCUT2D eigenvalue weighted by Gasteiger charge is 2.27. The fourth-order valence-electron chi connectivity index (χ4n) is 3.93. The minimum atomic E-state index is 0.0517. The van der Waals surface area contributed by atoms with Crippen LogP contribution in [0.2, 0.25) is 0 Å². The van der Waals surface area contributed by atoms with Gasteiger partial charge in [-0.2, -0.15) is 0 Å². The average molecular weight is 389 g/mol. The Balaban J connectivity index is 1.68. The molecule has 0 saturated carbocycles. The average Bonchev–Trinajstić information content (AvgIpc) is 2.78. The minimum Gasteiger partial charge on any atom is -0.493 e. The molecule has 150 valence electrons. The molecule has 0 amide bonds. The normalized spacial score (nSPS) is 15.4. The molecule has 1 atom stereocenters. The Kier molecular flexibility index (Phi) is 6.01. The third kappa shape index (κ3) is 4.08. The summed E-state index contributed by atoms with van der Waals surface area (Å²) in [5.74, 6) is 2.55. The lowest BCUT2D eigenvalue weighted by atomic mass is 9.88. The van der Waals surface area contributed by atoms with E-state index in [1.54, 1.807) is 7.11 Å². The summed E-state index contributed by atoms with van der Waals surface area (Å²) in [6.07, 6.45) is 0.908. The summed E-state index contributed by atoms with van der Waals surface area (Å²) >= 11 is 0. The zero-order valence-corrected chi connectivity index (χ0v) is 17.0. The number of benzene rings is 3. The Hall–Kier alpha value is -2.98. The van der Waals surface area contributed by atoms with Gasteiger partial charge in [0, 0.05) is 17.7 Å². The fourth-order valence-corrected chi connectivity index (χ4v) is 3.93. The molecule has 1 heterocycles. The smallest absolute Gasteiger partial charge is 0.164 e. The number of nitrogens with one attached hydrogen (secondary N) is 1. The Morgan fingerprint density at radius 1 is 0.862 bits per heavy atom. The number of hydrogen-bond acceptors (Lipinski definition) is 4. The van der Waals surface area contributed by atoms with Gasteiger partial charge in [-0.3, -0.25) is 0 Å². The molecular formula is C25H27NO3. The molecule has 3 aromatic rings. The largest absolute Gasteiger partial charge is 0.493 e. The van der Waals surface area contributed by atoms with E-state index in [9.17, 15) is 0 Å². The minimum absolute atomic E-state index is 0.0517. The van der Waals surface area contributed by atoms with E-state index in [-0.39, 0.29) is 6.04 Å². The summed E-state index contributed by atoms with van der Waals surface area (Å²) in [6.45, 7) is 4.04. The zero-order valence-electron chi connectivity index (χ0n) is 17.0. The van der Waals surface area contributed by atoms with Gasteiger partial charge < -0.3 is 19.5 Å². The maximum Gasteiger partial charge on any atom is 0.164 e. The van der Waals surface area contributed by atoms with E-state index in [2.05, 4.69) is 35.6 Å². The van der Waals surface area contributed by atoms with Gasteiger partial charge in [0.25, 0.3) is 0 Å². The van der Waals surface area contributed by atoms with E-state index in [1.165, 1.54) is 11.1 Å². The number of rotatable bonds is 7. The third-order valence-electron chi connectivity index (χ3n) is 5.27. The Labute approximate surface area is 172 Å². The number of para-hydroxylation sites is 1. The lowest BCUT2D eigenvalue weighted by Crippen LogP contribution is -2.31. The molecular weight excluding hydrogens is 362 g/mol. The fraction of sp³-hybridized carbons (Fsp3) is 0.280. The van der Waals surface area contributed by atoms with Gasteiger partial charge in [-0.25, -0.2) is 0 Å². The summed E-state index contributed by atoms with van der Waals surface area (Å²) in [5, 5.41) is 3.66. The topological polar surface area (TPSA) is 39.7 Å². The first-order chi connectivity index (χ1) is 14.3. The molecule has 0 radical (unpaired) electrons. The van der Waals surface area contributed by atoms with E-state index in [4.69, 9.17) is 14.2 Å². The van der Waals surface area contributed by atoms with Crippen LogP contribution in [-0.4, -0.2) is 20.3 Å². The molecule has 1 aliphatic rings. The zero-order chi connectivity index (χ0) is 20.1. The molecule has 0 spiro atoms. The van der Waals surface area contributed by atoms with Gasteiger partial charge in [-0.1, -0.05) is 54.6 Å². The maximum absolute atomic E-state index is 6.22. The van der Waals surface area contributed by atoms with Crippen molar-refractivity contribution < 1.29 is 14.2 Å². The van der Waals surface area contributed by atoms with Crippen molar-refractivity contribution in [3.63, 3.8) is 0 Å². The van der Waals surface area contributed by atoms with Crippen molar-refractivity contribution in [3.8, 4) is 17.2 Å². The van der Waals surface area contributed by atoms with Crippen molar-refractivity contribution in [1.82, 2.24) is 5.32 Å². The van der Waals surface area contributed by atoms with Crippen LogP contribution in [0.5, 0.6) is 17.2 Å². The van der Waals surface area contributed by atoms with Crippen LogP contribution in [0.25, 0.3) is 0 Å². The van der Waals surface area contributed by atoms with Crippen molar-refractivity contribution in [2.45, 2.75) is 26.0 Å². The first kappa shape index (κ1) is 19.3.